The number of ether oxygens (including phenoxy) is 4. The number of methoxy groups -OCH3 is 2. The Labute approximate surface area is 228 Å². The van der Waals surface area contributed by atoms with Crippen molar-refractivity contribution in [1.29, 1.82) is 0 Å². The zero-order chi connectivity index (χ0) is 28.8. The molecule has 0 radical (unpaired) electrons. The molecule has 2 fully saturated rings. The zero-order valence-corrected chi connectivity index (χ0v) is 22.8. The molecule has 13 nitrogen and oxygen atoms in total. The quantitative estimate of drug-likeness (QED) is 0.426. The van der Waals surface area contributed by atoms with Gasteiger partial charge in [0.2, 0.25) is 5.91 Å². The molecule has 218 valence electrons. The van der Waals surface area contributed by atoms with Gasteiger partial charge in [-0.15, -0.1) is 0 Å². The first-order valence-electron chi connectivity index (χ1n) is 12.8. The highest BCUT2D eigenvalue weighted by molar-refractivity contribution is 6.27. The molecule has 1 aromatic rings. The lowest BCUT2D eigenvalue weighted by Gasteiger charge is -2.36. The van der Waals surface area contributed by atoms with Crippen molar-refractivity contribution in [3.63, 3.8) is 0 Å². The van der Waals surface area contributed by atoms with E-state index in [9.17, 15) is 9.59 Å². The van der Waals surface area contributed by atoms with E-state index < -0.39 is 11.9 Å². The number of nitrogens with zero attached hydrogens (tertiary/aromatic N) is 3. The number of aliphatic carboxylic acids is 2. The van der Waals surface area contributed by atoms with Crippen LogP contribution in [0.15, 0.2) is 18.2 Å². The van der Waals surface area contributed by atoms with E-state index in [0.717, 1.165) is 43.0 Å². The van der Waals surface area contributed by atoms with Crippen LogP contribution in [0.4, 0.5) is 4.79 Å². The number of carbonyl (C=O) groups is 4. The third-order valence-electron chi connectivity index (χ3n) is 6.44. The van der Waals surface area contributed by atoms with Crippen LogP contribution in [0.1, 0.15) is 25.3 Å². The molecule has 2 aliphatic heterocycles. The average molecular weight is 554 g/mol. The Morgan fingerprint density at radius 1 is 0.846 bits per heavy atom. The van der Waals surface area contributed by atoms with Gasteiger partial charge in [-0.25, -0.2) is 14.4 Å². The van der Waals surface area contributed by atoms with Crippen molar-refractivity contribution in [2.24, 2.45) is 5.92 Å². The van der Waals surface area contributed by atoms with Crippen LogP contribution in [0.25, 0.3) is 0 Å². The molecule has 0 saturated carbocycles. The first-order chi connectivity index (χ1) is 18.7. The summed E-state index contributed by atoms with van der Waals surface area (Å²) in [4.78, 5) is 48.4. The molecule has 1 aromatic carbocycles. The molecule has 0 bridgehead atoms. The molecule has 2 aliphatic rings. The topological polar surface area (TPSA) is 155 Å². The number of hydrogen-bond donors (Lipinski definition) is 2. The van der Waals surface area contributed by atoms with Gasteiger partial charge >= 0.3 is 18.0 Å². The third-order valence-corrected chi connectivity index (χ3v) is 6.44. The molecule has 2 amide bonds. The molecule has 0 spiro atoms. The molecule has 2 N–H and O–H groups in total. The lowest BCUT2D eigenvalue weighted by molar-refractivity contribution is -0.159. The summed E-state index contributed by atoms with van der Waals surface area (Å²) in [6.07, 6.45) is 1.75. The second-order valence-corrected chi connectivity index (χ2v) is 9.13. The van der Waals surface area contributed by atoms with Crippen LogP contribution < -0.4 is 9.47 Å². The van der Waals surface area contributed by atoms with Crippen LogP contribution in [0.5, 0.6) is 11.5 Å². The van der Waals surface area contributed by atoms with E-state index in [0.29, 0.717) is 58.5 Å². The van der Waals surface area contributed by atoms with E-state index in [2.05, 4.69) is 4.90 Å². The zero-order valence-electron chi connectivity index (χ0n) is 22.8. The van der Waals surface area contributed by atoms with Crippen molar-refractivity contribution in [3.8, 4) is 11.5 Å². The second-order valence-electron chi connectivity index (χ2n) is 9.13. The summed E-state index contributed by atoms with van der Waals surface area (Å²) >= 11 is 0. The molecular formula is C26H39N3O10. The van der Waals surface area contributed by atoms with Gasteiger partial charge in [0.15, 0.2) is 0 Å². The first kappa shape index (κ1) is 31.6. The Kier molecular flexibility index (Phi) is 13.3. The number of likely N-dealkylation sites (tertiary alicyclic amines) is 1. The molecule has 0 aliphatic carbocycles. The Hall–Kier alpha value is -3.58. The fourth-order valence-electron chi connectivity index (χ4n) is 4.25. The fourth-order valence-corrected chi connectivity index (χ4v) is 4.25. The summed E-state index contributed by atoms with van der Waals surface area (Å²) in [5.41, 5.74) is 1.03. The molecule has 0 atom stereocenters. The largest absolute Gasteiger partial charge is 0.497 e. The Balaban J connectivity index is 0.000000798. The minimum Gasteiger partial charge on any atom is -0.497 e. The molecular weight excluding hydrogens is 514 g/mol. The standard InChI is InChI=1S/C24H37N3O6.C2H2O4/c1-4-33-24(29)27-11-9-26(10-12-27)23(28)16-25-7-5-19(6-8-25)17-32-18-20-13-21(30-2)15-22(14-20)31-3;3-1(4)2(5)6/h13-15,19H,4-12,16-18H2,1-3H3;(H,3,4)(H,5,6). The number of carboxylic acid groups (broad SMARTS) is 2. The van der Waals surface area contributed by atoms with Crippen molar-refractivity contribution in [2.45, 2.75) is 26.4 Å². The van der Waals surface area contributed by atoms with E-state index >= 15 is 0 Å². The van der Waals surface area contributed by atoms with Crippen LogP contribution in [0.2, 0.25) is 0 Å². The van der Waals surface area contributed by atoms with Gasteiger partial charge in [0.05, 0.1) is 34.0 Å². The Morgan fingerprint density at radius 2 is 1.38 bits per heavy atom. The maximum Gasteiger partial charge on any atom is 0.414 e. The summed E-state index contributed by atoms with van der Waals surface area (Å²) in [5, 5.41) is 14.8. The minimum atomic E-state index is -1.82. The number of piperidine rings is 1. The van der Waals surface area contributed by atoms with Crippen LogP contribution in [0, 0.1) is 5.92 Å². The van der Waals surface area contributed by atoms with E-state index in [1.807, 2.05) is 23.1 Å². The highest BCUT2D eigenvalue weighted by Crippen LogP contribution is 2.24. The van der Waals surface area contributed by atoms with Gasteiger partial charge in [0.1, 0.15) is 11.5 Å². The van der Waals surface area contributed by atoms with Gasteiger partial charge in [0, 0.05) is 38.9 Å². The van der Waals surface area contributed by atoms with Crippen molar-refractivity contribution >= 4 is 23.9 Å². The average Bonchev–Trinajstić information content (AvgIpc) is 2.94. The number of hydrogen-bond acceptors (Lipinski definition) is 9. The molecule has 13 heteroatoms. The summed E-state index contributed by atoms with van der Waals surface area (Å²) < 4.78 is 21.6. The van der Waals surface area contributed by atoms with Crippen LogP contribution >= 0.6 is 0 Å². The smallest absolute Gasteiger partial charge is 0.414 e. The highest BCUT2D eigenvalue weighted by atomic mass is 16.6. The molecule has 2 heterocycles. The van der Waals surface area contributed by atoms with Gasteiger partial charge < -0.3 is 39.0 Å². The Bertz CT molecular complexity index is 923. The fraction of sp³-hybridized carbons (Fsp3) is 0.615. The molecule has 39 heavy (non-hydrogen) atoms. The second kappa shape index (κ2) is 16.4. The first-order valence-corrected chi connectivity index (χ1v) is 12.8. The summed E-state index contributed by atoms with van der Waals surface area (Å²) in [7, 11) is 3.28. The summed E-state index contributed by atoms with van der Waals surface area (Å²) in [5.74, 6) is -1.50. The maximum atomic E-state index is 12.7. The number of carbonyl (C=O) groups excluding carboxylic acids is 2. The van der Waals surface area contributed by atoms with Crippen molar-refractivity contribution in [1.82, 2.24) is 14.7 Å². The predicted molar refractivity (Wildman–Crippen MR) is 139 cm³/mol. The van der Waals surface area contributed by atoms with Crippen molar-refractivity contribution in [3.05, 3.63) is 23.8 Å². The summed E-state index contributed by atoms with van der Waals surface area (Å²) in [6, 6.07) is 5.77. The SMILES string of the molecule is CCOC(=O)N1CCN(C(=O)CN2CCC(COCc3cc(OC)cc(OC)c3)CC2)CC1.O=C(O)C(=O)O. The molecule has 0 unspecified atom stereocenters. The Morgan fingerprint density at radius 3 is 1.87 bits per heavy atom. The number of benzene rings is 1. The van der Waals surface area contributed by atoms with Gasteiger partial charge in [-0.05, 0) is 56.5 Å². The predicted octanol–water partition coefficient (Wildman–Crippen LogP) is 1.39. The normalized spacial score (nSPS) is 16.1. The van der Waals surface area contributed by atoms with Gasteiger partial charge in [-0.1, -0.05) is 0 Å². The van der Waals surface area contributed by atoms with Gasteiger partial charge in [0.25, 0.3) is 0 Å². The molecule has 0 aromatic heterocycles. The van der Waals surface area contributed by atoms with Crippen molar-refractivity contribution < 1.29 is 48.3 Å². The van der Waals surface area contributed by atoms with E-state index in [4.69, 9.17) is 38.7 Å². The van der Waals surface area contributed by atoms with E-state index in [1.54, 1.807) is 26.0 Å². The van der Waals surface area contributed by atoms with Crippen molar-refractivity contribution in [2.75, 3.05) is 73.2 Å². The lowest BCUT2D eigenvalue weighted by atomic mass is 9.98. The molecule has 2 saturated heterocycles. The number of piperazine rings is 1. The number of carboxylic acids is 2. The maximum absolute atomic E-state index is 12.7. The van der Waals surface area contributed by atoms with Crippen LogP contribution in [-0.4, -0.2) is 122 Å². The van der Waals surface area contributed by atoms with Gasteiger partial charge in [-0.3, -0.25) is 9.69 Å². The lowest BCUT2D eigenvalue weighted by Crippen LogP contribution is -2.53. The van der Waals surface area contributed by atoms with E-state index in [-0.39, 0.29) is 12.0 Å². The highest BCUT2D eigenvalue weighted by Gasteiger charge is 2.27. The molecule has 3 rings (SSSR count). The third kappa shape index (κ3) is 11.0. The van der Waals surface area contributed by atoms with E-state index in [1.165, 1.54) is 0 Å². The van der Waals surface area contributed by atoms with Crippen LogP contribution in [-0.2, 0) is 30.5 Å². The van der Waals surface area contributed by atoms with Crippen LogP contribution in [0.3, 0.4) is 0 Å². The summed E-state index contributed by atoms with van der Waals surface area (Å²) in [6.45, 7) is 7.82. The van der Waals surface area contributed by atoms with Gasteiger partial charge in [-0.2, -0.15) is 0 Å². The number of rotatable bonds is 9. The monoisotopic (exact) mass is 553 g/mol. The minimum absolute atomic E-state index is 0.139. The number of amides is 2.